The van der Waals surface area contributed by atoms with Crippen molar-refractivity contribution in [3.8, 4) is 0 Å². The van der Waals surface area contributed by atoms with Crippen molar-refractivity contribution in [3.63, 3.8) is 0 Å². The molecule has 3 heterocycles. The van der Waals surface area contributed by atoms with Gasteiger partial charge in [0.2, 0.25) is 10.0 Å². The highest BCUT2D eigenvalue weighted by atomic mass is 32.2. The molecule has 0 aliphatic carbocycles. The monoisotopic (exact) mass is 339 g/mol. The minimum Gasteiger partial charge on any atom is -0.369 e. The zero-order valence-corrected chi connectivity index (χ0v) is 14.1. The van der Waals surface area contributed by atoms with Crippen LogP contribution >= 0.6 is 0 Å². The van der Waals surface area contributed by atoms with Crippen LogP contribution in [0.4, 0.5) is 5.82 Å². The highest BCUT2D eigenvalue weighted by Gasteiger charge is 2.22. The Hall–Kier alpha value is -1.78. The van der Waals surface area contributed by atoms with Gasteiger partial charge in [-0.3, -0.25) is 4.90 Å². The maximum absolute atomic E-state index is 11.5. The highest BCUT2D eigenvalue weighted by molar-refractivity contribution is 7.88. The van der Waals surface area contributed by atoms with Crippen LogP contribution in [-0.4, -0.2) is 82.7 Å². The van der Waals surface area contributed by atoms with Crippen LogP contribution in [0.1, 0.15) is 5.69 Å². The Morgan fingerprint density at radius 3 is 2.70 bits per heavy atom. The normalized spacial score (nSPS) is 17.7. The van der Waals surface area contributed by atoms with E-state index < -0.39 is 10.0 Å². The van der Waals surface area contributed by atoms with Gasteiger partial charge in [0.25, 0.3) is 5.78 Å². The molecule has 23 heavy (non-hydrogen) atoms. The first kappa shape index (κ1) is 16.1. The predicted octanol–water partition coefficient (Wildman–Crippen LogP) is -0.578. The fourth-order valence-corrected chi connectivity index (χ4v) is 3.51. The molecule has 0 radical (unpaired) electrons. The molecule has 2 aromatic rings. The van der Waals surface area contributed by atoms with Gasteiger partial charge < -0.3 is 5.32 Å². The average Bonchev–Trinajstić information content (AvgIpc) is 2.95. The van der Waals surface area contributed by atoms with Crippen LogP contribution in [0.2, 0.25) is 0 Å². The molecular formula is C13H21N7O2S. The molecule has 10 heteroatoms. The van der Waals surface area contributed by atoms with Gasteiger partial charge >= 0.3 is 0 Å². The van der Waals surface area contributed by atoms with Gasteiger partial charge in [0, 0.05) is 51.0 Å². The zero-order valence-electron chi connectivity index (χ0n) is 13.3. The number of hydrogen-bond acceptors (Lipinski definition) is 7. The smallest absolute Gasteiger partial charge is 0.254 e. The fourth-order valence-electron chi connectivity index (χ4n) is 2.68. The number of aryl methyl sites for hydroxylation is 1. The molecule has 1 saturated heterocycles. The molecule has 0 spiro atoms. The Kier molecular flexibility index (Phi) is 4.46. The van der Waals surface area contributed by atoms with Crippen molar-refractivity contribution in [3.05, 3.63) is 18.1 Å². The summed E-state index contributed by atoms with van der Waals surface area (Å²) in [6, 6.07) is 1.93. The van der Waals surface area contributed by atoms with Gasteiger partial charge in [-0.15, -0.1) is 0 Å². The molecule has 1 aliphatic heterocycles. The summed E-state index contributed by atoms with van der Waals surface area (Å²) in [5, 5.41) is 7.51. The standard InChI is InChI=1S/C13H21N7O2S/c1-11-9-12(20-13(17-11)15-10-16-20)14-3-4-18-5-7-19(8-6-18)23(2,21)22/h9-10,14H,3-8H2,1-2H3. The summed E-state index contributed by atoms with van der Waals surface area (Å²) < 4.78 is 26.2. The van der Waals surface area contributed by atoms with Crippen molar-refractivity contribution < 1.29 is 8.42 Å². The molecule has 0 unspecified atom stereocenters. The number of hydrogen-bond donors (Lipinski definition) is 1. The Morgan fingerprint density at radius 1 is 1.26 bits per heavy atom. The third kappa shape index (κ3) is 3.77. The predicted molar refractivity (Wildman–Crippen MR) is 86.9 cm³/mol. The molecule has 0 bridgehead atoms. The van der Waals surface area contributed by atoms with E-state index in [0.29, 0.717) is 18.9 Å². The van der Waals surface area contributed by atoms with Crippen LogP contribution in [0.5, 0.6) is 0 Å². The van der Waals surface area contributed by atoms with Crippen molar-refractivity contribution in [1.29, 1.82) is 0 Å². The van der Waals surface area contributed by atoms with Gasteiger partial charge in [-0.25, -0.2) is 13.4 Å². The Balaban J connectivity index is 1.53. The van der Waals surface area contributed by atoms with E-state index in [2.05, 4.69) is 25.3 Å². The van der Waals surface area contributed by atoms with Crippen molar-refractivity contribution in [2.75, 3.05) is 50.8 Å². The third-order valence-electron chi connectivity index (χ3n) is 3.91. The number of aromatic nitrogens is 4. The van der Waals surface area contributed by atoms with Crippen molar-refractivity contribution in [2.45, 2.75) is 6.92 Å². The molecular weight excluding hydrogens is 318 g/mol. The van der Waals surface area contributed by atoms with Crippen LogP contribution in [0, 0.1) is 6.92 Å². The lowest BCUT2D eigenvalue weighted by Crippen LogP contribution is -2.49. The van der Waals surface area contributed by atoms with E-state index in [1.54, 1.807) is 4.52 Å². The third-order valence-corrected chi connectivity index (χ3v) is 5.22. The molecule has 3 rings (SSSR count). The number of anilines is 1. The SMILES string of the molecule is Cc1cc(NCCN2CCN(S(C)(=O)=O)CC2)n2ncnc2n1. The van der Waals surface area contributed by atoms with Crippen molar-refractivity contribution in [1.82, 2.24) is 28.8 Å². The summed E-state index contributed by atoms with van der Waals surface area (Å²) in [6.45, 7) is 6.13. The van der Waals surface area contributed by atoms with Gasteiger partial charge in [0.1, 0.15) is 12.1 Å². The van der Waals surface area contributed by atoms with Crippen molar-refractivity contribution >= 4 is 21.6 Å². The minimum absolute atomic E-state index is 0.556. The van der Waals surface area contributed by atoms with Gasteiger partial charge in [-0.05, 0) is 6.92 Å². The van der Waals surface area contributed by atoms with E-state index in [1.165, 1.54) is 16.9 Å². The first-order valence-electron chi connectivity index (χ1n) is 7.52. The lowest BCUT2D eigenvalue weighted by molar-refractivity contribution is 0.195. The topological polar surface area (TPSA) is 95.7 Å². The molecule has 9 nitrogen and oxygen atoms in total. The molecule has 0 amide bonds. The van der Waals surface area contributed by atoms with E-state index in [4.69, 9.17) is 0 Å². The number of sulfonamides is 1. The molecule has 0 saturated carbocycles. The average molecular weight is 339 g/mol. The molecule has 126 valence electrons. The molecule has 1 fully saturated rings. The van der Waals surface area contributed by atoms with E-state index in [1.807, 2.05) is 13.0 Å². The summed E-state index contributed by atoms with van der Waals surface area (Å²) in [4.78, 5) is 10.7. The second kappa shape index (κ2) is 6.38. The quantitative estimate of drug-likeness (QED) is 0.779. The van der Waals surface area contributed by atoms with Gasteiger partial charge in [-0.2, -0.15) is 18.9 Å². The summed E-state index contributed by atoms with van der Waals surface area (Å²) in [7, 11) is -3.07. The molecule has 1 aliphatic rings. The number of nitrogens with one attached hydrogen (secondary N) is 1. The fraction of sp³-hybridized carbons (Fsp3) is 0.615. The molecule has 0 aromatic carbocycles. The zero-order chi connectivity index (χ0) is 16.4. The van der Waals surface area contributed by atoms with E-state index in [9.17, 15) is 8.42 Å². The van der Waals surface area contributed by atoms with Crippen LogP contribution in [0.15, 0.2) is 12.4 Å². The first-order valence-corrected chi connectivity index (χ1v) is 9.37. The number of rotatable bonds is 5. The van der Waals surface area contributed by atoms with Crippen LogP contribution in [0.25, 0.3) is 5.78 Å². The maximum atomic E-state index is 11.5. The van der Waals surface area contributed by atoms with Gasteiger partial charge in [-0.1, -0.05) is 0 Å². The number of piperazine rings is 1. The lowest BCUT2D eigenvalue weighted by atomic mass is 10.3. The van der Waals surface area contributed by atoms with Crippen molar-refractivity contribution in [2.24, 2.45) is 0 Å². The van der Waals surface area contributed by atoms with Crippen LogP contribution in [0.3, 0.4) is 0 Å². The minimum atomic E-state index is -3.07. The first-order chi connectivity index (χ1) is 10.9. The van der Waals surface area contributed by atoms with Crippen LogP contribution in [-0.2, 0) is 10.0 Å². The number of fused-ring (bicyclic) bond motifs is 1. The Labute approximate surface area is 135 Å². The molecule has 2 aromatic heterocycles. The van der Waals surface area contributed by atoms with E-state index in [0.717, 1.165) is 37.7 Å². The summed E-state index contributed by atoms with van der Waals surface area (Å²) in [6.07, 6.45) is 2.75. The Bertz CT molecular complexity index is 781. The second-order valence-corrected chi connectivity index (χ2v) is 7.67. The van der Waals surface area contributed by atoms with Gasteiger partial charge in [0.05, 0.1) is 6.26 Å². The van der Waals surface area contributed by atoms with E-state index in [-0.39, 0.29) is 0 Å². The molecule has 0 atom stereocenters. The lowest BCUT2D eigenvalue weighted by Gasteiger charge is -2.33. The second-order valence-electron chi connectivity index (χ2n) is 5.69. The summed E-state index contributed by atoms with van der Waals surface area (Å²) in [5.41, 5.74) is 0.884. The molecule has 1 N–H and O–H groups in total. The Morgan fingerprint density at radius 2 is 2.00 bits per heavy atom. The summed E-state index contributed by atoms with van der Waals surface area (Å²) in [5.74, 6) is 1.44. The highest BCUT2D eigenvalue weighted by Crippen LogP contribution is 2.10. The largest absolute Gasteiger partial charge is 0.369 e. The van der Waals surface area contributed by atoms with Crippen LogP contribution < -0.4 is 5.32 Å². The number of nitrogens with zero attached hydrogens (tertiary/aromatic N) is 6. The van der Waals surface area contributed by atoms with E-state index >= 15 is 0 Å². The van der Waals surface area contributed by atoms with Gasteiger partial charge in [0.15, 0.2) is 0 Å². The maximum Gasteiger partial charge on any atom is 0.254 e. The summed E-state index contributed by atoms with van der Waals surface area (Å²) >= 11 is 0.